The Morgan fingerprint density at radius 1 is 1.42 bits per heavy atom. The Balaban J connectivity index is 2.09. The Morgan fingerprint density at radius 2 is 2.11 bits per heavy atom. The molecule has 1 aromatic rings. The molecule has 106 valence electrons. The quantitative estimate of drug-likeness (QED) is 0.821. The van der Waals surface area contributed by atoms with Gasteiger partial charge in [0.05, 0.1) is 4.90 Å². The van der Waals surface area contributed by atoms with Crippen LogP contribution in [0.1, 0.15) is 31.2 Å². The van der Waals surface area contributed by atoms with Crippen molar-refractivity contribution < 1.29 is 8.42 Å². The summed E-state index contributed by atoms with van der Waals surface area (Å²) in [6, 6.07) is 3.00. The Bertz CT molecular complexity index is 568. The van der Waals surface area contributed by atoms with Gasteiger partial charge in [0.2, 0.25) is 10.0 Å². The molecule has 0 atom stereocenters. The fraction of sp³-hybridized carbons (Fsp3) is 0.538. The Kier molecular flexibility index (Phi) is 4.38. The number of hydrogen-bond acceptors (Lipinski definition) is 3. The van der Waals surface area contributed by atoms with Gasteiger partial charge in [0.25, 0.3) is 0 Å². The van der Waals surface area contributed by atoms with Gasteiger partial charge in [0.15, 0.2) is 0 Å². The van der Waals surface area contributed by atoms with Crippen LogP contribution in [-0.4, -0.2) is 15.0 Å². The molecule has 0 spiro atoms. The molecule has 1 saturated carbocycles. The molecule has 4 nitrogen and oxygen atoms in total. The molecule has 1 fully saturated rings. The first-order valence-corrected chi connectivity index (χ1v) is 8.31. The number of rotatable bonds is 5. The van der Waals surface area contributed by atoms with Crippen LogP contribution in [0.4, 0.5) is 5.69 Å². The molecule has 0 aliphatic heterocycles. The van der Waals surface area contributed by atoms with Gasteiger partial charge in [-0.3, -0.25) is 0 Å². The second kappa shape index (κ2) is 5.69. The van der Waals surface area contributed by atoms with E-state index in [2.05, 4.69) is 4.72 Å². The molecule has 0 unspecified atom stereocenters. The fourth-order valence-electron chi connectivity index (χ4n) is 2.21. The number of nitrogens with one attached hydrogen (secondary N) is 1. The normalized spacial score (nSPS) is 16.3. The molecule has 0 bridgehead atoms. The Hall–Kier alpha value is -0.780. The Labute approximate surface area is 119 Å². The molecule has 1 aliphatic rings. The van der Waals surface area contributed by atoms with Gasteiger partial charge in [-0.25, -0.2) is 13.1 Å². The van der Waals surface area contributed by atoms with E-state index >= 15 is 0 Å². The third-order valence-electron chi connectivity index (χ3n) is 3.72. The van der Waals surface area contributed by atoms with Crippen molar-refractivity contribution in [2.75, 3.05) is 12.3 Å². The average molecular weight is 303 g/mol. The SMILES string of the molecule is Cc1c(N)cc(Cl)cc1S(=O)(=O)NCCC1CCC1. The number of sulfonamides is 1. The summed E-state index contributed by atoms with van der Waals surface area (Å²) >= 11 is 5.87. The lowest BCUT2D eigenvalue weighted by Gasteiger charge is -2.25. The highest BCUT2D eigenvalue weighted by Gasteiger charge is 2.21. The van der Waals surface area contributed by atoms with Crippen molar-refractivity contribution >= 4 is 27.3 Å². The third kappa shape index (κ3) is 3.41. The second-order valence-corrected chi connectivity index (χ2v) is 7.27. The molecule has 0 saturated heterocycles. The highest BCUT2D eigenvalue weighted by molar-refractivity contribution is 7.89. The van der Waals surface area contributed by atoms with Gasteiger partial charge >= 0.3 is 0 Å². The van der Waals surface area contributed by atoms with E-state index in [1.807, 2.05) is 0 Å². The van der Waals surface area contributed by atoms with Crippen molar-refractivity contribution in [2.24, 2.45) is 5.92 Å². The molecule has 19 heavy (non-hydrogen) atoms. The zero-order valence-electron chi connectivity index (χ0n) is 10.9. The minimum Gasteiger partial charge on any atom is -0.398 e. The number of hydrogen-bond donors (Lipinski definition) is 2. The van der Waals surface area contributed by atoms with Crippen molar-refractivity contribution in [2.45, 2.75) is 37.5 Å². The third-order valence-corrected chi connectivity index (χ3v) is 5.53. The maximum Gasteiger partial charge on any atom is 0.240 e. The number of benzene rings is 1. The van der Waals surface area contributed by atoms with Crippen LogP contribution >= 0.6 is 11.6 Å². The van der Waals surface area contributed by atoms with E-state index in [0.29, 0.717) is 28.7 Å². The summed E-state index contributed by atoms with van der Waals surface area (Å²) in [6.07, 6.45) is 4.59. The van der Waals surface area contributed by atoms with Crippen LogP contribution in [0.3, 0.4) is 0 Å². The first-order valence-electron chi connectivity index (χ1n) is 6.45. The van der Waals surface area contributed by atoms with Crippen molar-refractivity contribution in [1.82, 2.24) is 4.72 Å². The topological polar surface area (TPSA) is 72.2 Å². The van der Waals surface area contributed by atoms with Crippen LogP contribution in [0.25, 0.3) is 0 Å². The van der Waals surface area contributed by atoms with Crippen LogP contribution < -0.4 is 10.5 Å². The lowest BCUT2D eigenvalue weighted by atomic mass is 9.83. The van der Waals surface area contributed by atoms with Gasteiger partial charge in [0, 0.05) is 17.3 Å². The summed E-state index contributed by atoms with van der Waals surface area (Å²) in [5.41, 5.74) is 6.69. The summed E-state index contributed by atoms with van der Waals surface area (Å²) in [5, 5.41) is 0.336. The first-order chi connectivity index (χ1) is 8.90. The molecule has 6 heteroatoms. The Morgan fingerprint density at radius 3 is 2.68 bits per heavy atom. The first kappa shape index (κ1) is 14.6. The number of nitrogen functional groups attached to an aromatic ring is 1. The summed E-state index contributed by atoms with van der Waals surface area (Å²) in [5.74, 6) is 0.674. The molecule has 0 amide bonds. The summed E-state index contributed by atoms with van der Waals surface area (Å²) in [6.45, 7) is 2.16. The lowest BCUT2D eigenvalue weighted by molar-refractivity contribution is 0.297. The zero-order valence-corrected chi connectivity index (χ0v) is 12.5. The minimum atomic E-state index is -3.53. The number of nitrogens with two attached hydrogens (primary N) is 1. The summed E-state index contributed by atoms with van der Waals surface area (Å²) in [4.78, 5) is 0.172. The van der Waals surface area contributed by atoms with E-state index < -0.39 is 10.0 Å². The fourth-order valence-corrected chi connectivity index (χ4v) is 3.85. The van der Waals surface area contributed by atoms with Crippen LogP contribution in [0.15, 0.2) is 17.0 Å². The van der Waals surface area contributed by atoms with Crippen molar-refractivity contribution in [3.05, 3.63) is 22.7 Å². The smallest absolute Gasteiger partial charge is 0.240 e. The van der Waals surface area contributed by atoms with E-state index in [9.17, 15) is 8.42 Å². The summed E-state index contributed by atoms with van der Waals surface area (Å²) < 4.78 is 27.1. The van der Waals surface area contributed by atoms with Crippen molar-refractivity contribution in [1.29, 1.82) is 0 Å². The molecule has 1 aliphatic carbocycles. The molecule has 1 aromatic carbocycles. The lowest BCUT2D eigenvalue weighted by Crippen LogP contribution is -2.28. The van der Waals surface area contributed by atoms with Gasteiger partial charge in [-0.05, 0) is 37.0 Å². The van der Waals surface area contributed by atoms with Crippen LogP contribution in [0.2, 0.25) is 5.02 Å². The highest BCUT2D eigenvalue weighted by Crippen LogP contribution is 2.29. The second-order valence-electron chi connectivity index (χ2n) is 5.10. The number of anilines is 1. The van der Waals surface area contributed by atoms with E-state index in [1.165, 1.54) is 25.3 Å². The predicted molar refractivity (Wildman–Crippen MR) is 77.7 cm³/mol. The molecular formula is C13H19ClN2O2S. The van der Waals surface area contributed by atoms with Crippen LogP contribution in [0.5, 0.6) is 0 Å². The highest BCUT2D eigenvalue weighted by atomic mass is 35.5. The van der Waals surface area contributed by atoms with Crippen molar-refractivity contribution in [3.63, 3.8) is 0 Å². The maximum absolute atomic E-state index is 12.2. The van der Waals surface area contributed by atoms with Gasteiger partial charge < -0.3 is 5.73 Å². The average Bonchev–Trinajstić information content (AvgIpc) is 2.26. The van der Waals surface area contributed by atoms with Crippen LogP contribution in [-0.2, 0) is 10.0 Å². The summed E-state index contributed by atoms with van der Waals surface area (Å²) in [7, 11) is -3.53. The van der Waals surface area contributed by atoms with Gasteiger partial charge in [-0.2, -0.15) is 0 Å². The van der Waals surface area contributed by atoms with Crippen LogP contribution in [0, 0.1) is 12.8 Å². The number of halogens is 1. The molecule has 0 radical (unpaired) electrons. The van der Waals surface area contributed by atoms with Gasteiger partial charge in [0.1, 0.15) is 0 Å². The van der Waals surface area contributed by atoms with E-state index in [-0.39, 0.29) is 4.90 Å². The minimum absolute atomic E-state index is 0.172. The van der Waals surface area contributed by atoms with E-state index in [1.54, 1.807) is 13.0 Å². The molecular weight excluding hydrogens is 284 g/mol. The largest absolute Gasteiger partial charge is 0.398 e. The predicted octanol–water partition coefficient (Wildman–Crippen LogP) is 2.70. The molecule has 0 aromatic heterocycles. The molecule has 3 N–H and O–H groups in total. The molecule has 0 heterocycles. The van der Waals surface area contributed by atoms with E-state index in [0.717, 1.165) is 6.42 Å². The van der Waals surface area contributed by atoms with Gasteiger partial charge in [-0.1, -0.05) is 30.9 Å². The maximum atomic E-state index is 12.2. The van der Waals surface area contributed by atoms with E-state index in [4.69, 9.17) is 17.3 Å². The van der Waals surface area contributed by atoms with Gasteiger partial charge in [-0.15, -0.1) is 0 Å². The standard InChI is InChI=1S/C13H19ClN2O2S/c1-9-12(15)7-11(14)8-13(9)19(17,18)16-6-5-10-3-2-4-10/h7-8,10,16H,2-6,15H2,1H3. The monoisotopic (exact) mass is 302 g/mol. The molecule has 2 rings (SSSR count). The zero-order chi connectivity index (χ0) is 14.0. The van der Waals surface area contributed by atoms with Crippen molar-refractivity contribution in [3.8, 4) is 0 Å².